The maximum atomic E-state index is 11.5. The lowest BCUT2D eigenvalue weighted by atomic mass is 10.2. The maximum absolute atomic E-state index is 11.5. The number of hydrogen-bond donors (Lipinski definition) is 1. The van der Waals surface area contributed by atoms with Crippen LogP contribution in [0.25, 0.3) is 0 Å². The van der Waals surface area contributed by atoms with Crippen molar-refractivity contribution >= 4 is 40.7 Å². The van der Waals surface area contributed by atoms with E-state index >= 15 is 0 Å². The van der Waals surface area contributed by atoms with Crippen LogP contribution in [0.2, 0.25) is 10.3 Å². The van der Waals surface area contributed by atoms with Crippen molar-refractivity contribution in [1.29, 1.82) is 0 Å². The van der Waals surface area contributed by atoms with Gasteiger partial charge in [0.1, 0.15) is 6.04 Å². The highest BCUT2D eigenvalue weighted by Crippen LogP contribution is 2.27. The normalized spacial score (nSPS) is 20.4. The molecule has 2 amide bonds. The third kappa shape index (κ3) is 2.32. The van der Waals surface area contributed by atoms with Crippen LogP contribution in [0.4, 0.5) is 5.69 Å². The largest absolute Gasteiger partial charge is 0.348 e. The molecule has 2 heterocycles. The van der Waals surface area contributed by atoms with E-state index in [0.717, 1.165) is 0 Å². The van der Waals surface area contributed by atoms with Crippen LogP contribution < -0.4 is 10.2 Å². The molecule has 0 bridgehead atoms. The van der Waals surface area contributed by atoms with Crippen LogP contribution >= 0.6 is 23.2 Å². The number of aromatic nitrogens is 2. The molecule has 6 nitrogen and oxygen atoms in total. The van der Waals surface area contributed by atoms with Crippen molar-refractivity contribution in [2.24, 2.45) is 0 Å². The highest BCUT2D eigenvalue weighted by molar-refractivity contribution is 6.33. The molecular weight excluding hydrogens is 267 g/mol. The Balaban J connectivity index is 2.40. The van der Waals surface area contributed by atoms with Gasteiger partial charge in [-0.15, -0.1) is 10.2 Å². The molecule has 0 spiro atoms. The Hall–Kier alpha value is -1.40. The Morgan fingerprint density at radius 2 is 2.12 bits per heavy atom. The number of carbonyl (C=O) groups excluding carboxylic acids is 2. The zero-order chi connectivity index (χ0) is 12.6. The van der Waals surface area contributed by atoms with Gasteiger partial charge in [0.25, 0.3) is 0 Å². The lowest BCUT2D eigenvalue weighted by Crippen LogP contribution is -2.57. The summed E-state index contributed by atoms with van der Waals surface area (Å²) in [6.45, 7) is 1.68. The number of carbonyl (C=O) groups is 2. The number of imide groups is 1. The lowest BCUT2D eigenvalue weighted by Gasteiger charge is -2.33. The zero-order valence-corrected chi connectivity index (χ0v) is 10.3. The molecule has 8 heteroatoms. The van der Waals surface area contributed by atoms with Crippen LogP contribution in [0.1, 0.15) is 6.92 Å². The summed E-state index contributed by atoms with van der Waals surface area (Å²) in [6.07, 6.45) is 0. The molecule has 1 fully saturated rings. The fourth-order valence-electron chi connectivity index (χ4n) is 1.55. The smallest absolute Gasteiger partial charge is 0.249 e. The average molecular weight is 275 g/mol. The van der Waals surface area contributed by atoms with Gasteiger partial charge in [-0.25, -0.2) is 0 Å². The van der Waals surface area contributed by atoms with Gasteiger partial charge < -0.3 is 4.90 Å². The Morgan fingerprint density at radius 3 is 2.82 bits per heavy atom. The molecular formula is C9H8Cl2N4O2. The molecule has 1 aromatic rings. The number of anilines is 1. The molecule has 90 valence electrons. The predicted octanol–water partition coefficient (Wildman–Crippen LogP) is 0.635. The van der Waals surface area contributed by atoms with Crippen molar-refractivity contribution in [2.75, 3.05) is 11.4 Å². The number of nitrogens with one attached hydrogen (secondary N) is 1. The first kappa shape index (κ1) is 12.1. The van der Waals surface area contributed by atoms with E-state index in [1.807, 2.05) is 0 Å². The molecule has 17 heavy (non-hydrogen) atoms. The summed E-state index contributed by atoms with van der Waals surface area (Å²) < 4.78 is 0. The van der Waals surface area contributed by atoms with Gasteiger partial charge in [0.2, 0.25) is 11.8 Å². The van der Waals surface area contributed by atoms with Gasteiger partial charge in [0.15, 0.2) is 10.3 Å². The van der Waals surface area contributed by atoms with Crippen LogP contribution in [0.3, 0.4) is 0 Å². The van der Waals surface area contributed by atoms with Gasteiger partial charge >= 0.3 is 0 Å². The van der Waals surface area contributed by atoms with E-state index < -0.39 is 11.9 Å². The average Bonchev–Trinajstić information content (AvgIpc) is 2.27. The number of hydrogen-bond acceptors (Lipinski definition) is 5. The summed E-state index contributed by atoms with van der Waals surface area (Å²) in [6, 6.07) is 0.949. The number of nitrogens with zero attached hydrogens (tertiary/aromatic N) is 3. The van der Waals surface area contributed by atoms with Crippen LogP contribution in [-0.4, -0.2) is 34.6 Å². The van der Waals surface area contributed by atoms with E-state index in [9.17, 15) is 9.59 Å². The standard InChI is InChI=1S/C9H8Cl2N4O2/c1-4-9(17)12-7(16)3-15(4)5-2-6(10)13-14-8(5)11/h2,4H,3H2,1H3,(H,12,16,17). The van der Waals surface area contributed by atoms with Gasteiger partial charge in [-0.2, -0.15) is 0 Å². The molecule has 0 aromatic carbocycles. The molecule has 1 unspecified atom stereocenters. The van der Waals surface area contributed by atoms with Gasteiger partial charge in [-0.05, 0) is 6.92 Å². The fraction of sp³-hybridized carbons (Fsp3) is 0.333. The number of rotatable bonds is 1. The summed E-state index contributed by atoms with van der Waals surface area (Å²) in [5.74, 6) is -0.776. The molecule has 1 atom stereocenters. The minimum Gasteiger partial charge on any atom is -0.348 e. The Morgan fingerprint density at radius 1 is 1.41 bits per heavy atom. The molecule has 1 aromatic heterocycles. The van der Waals surface area contributed by atoms with Gasteiger partial charge in [0, 0.05) is 6.07 Å². The third-order valence-corrected chi connectivity index (χ3v) is 2.89. The maximum Gasteiger partial charge on any atom is 0.249 e. The summed E-state index contributed by atoms with van der Waals surface area (Å²) in [4.78, 5) is 24.3. The van der Waals surface area contributed by atoms with E-state index in [1.165, 1.54) is 11.0 Å². The van der Waals surface area contributed by atoms with Crippen LogP contribution in [0.5, 0.6) is 0 Å². The zero-order valence-electron chi connectivity index (χ0n) is 8.78. The highest BCUT2D eigenvalue weighted by Gasteiger charge is 2.31. The summed E-state index contributed by atoms with van der Waals surface area (Å²) in [5, 5.41) is 9.69. The molecule has 1 N–H and O–H groups in total. The minimum atomic E-state index is -0.523. The molecule has 0 radical (unpaired) electrons. The van der Waals surface area contributed by atoms with Gasteiger partial charge in [0.05, 0.1) is 12.2 Å². The van der Waals surface area contributed by atoms with Crippen molar-refractivity contribution in [1.82, 2.24) is 15.5 Å². The first-order chi connectivity index (χ1) is 7.99. The predicted molar refractivity (Wildman–Crippen MR) is 62.0 cm³/mol. The van der Waals surface area contributed by atoms with E-state index in [4.69, 9.17) is 23.2 Å². The Bertz CT molecular complexity index is 494. The van der Waals surface area contributed by atoms with Crippen molar-refractivity contribution in [3.8, 4) is 0 Å². The van der Waals surface area contributed by atoms with Crippen molar-refractivity contribution in [3.63, 3.8) is 0 Å². The van der Waals surface area contributed by atoms with Gasteiger partial charge in [-0.1, -0.05) is 23.2 Å². The van der Waals surface area contributed by atoms with E-state index in [2.05, 4.69) is 15.5 Å². The summed E-state index contributed by atoms with van der Waals surface area (Å²) in [5.41, 5.74) is 0.419. The molecule has 2 rings (SSSR count). The van der Waals surface area contributed by atoms with Crippen molar-refractivity contribution < 1.29 is 9.59 Å². The topological polar surface area (TPSA) is 75.2 Å². The van der Waals surface area contributed by atoms with Crippen LogP contribution in [-0.2, 0) is 9.59 Å². The first-order valence-corrected chi connectivity index (χ1v) is 5.53. The van der Waals surface area contributed by atoms with Gasteiger partial charge in [-0.3, -0.25) is 14.9 Å². The summed E-state index contributed by atoms with van der Waals surface area (Å²) >= 11 is 11.6. The van der Waals surface area contributed by atoms with E-state index in [-0.39, 0.29) is 22.8 Å². The second kappa shape index (κ2) is 4.46. The van der Waals surface area contributed by atoms with E-state index in [1.54, 1.807) is 6.92 Å². The molecule has 1 aliphatic rings. The van der Waals surface area contributed by atoms with Crippen LogP contribution in [0, 0.1) is 0 Å². The molecule has 1 saturated heterocycles. The van der Waals surface area contributed by atoms with Crippen LogP contribution in [0.15, 0.2) is 6.07 Å². The Labute approximate surface area is 107 Å². The number of halogens is 2. The summed E-state index contributed by atoms with van der Waals surface area (Å²) in [7, 11) is 0. The molecule has 1 aliphatic heterocycles. The Kier molecular flexibility index (Phi) is 3.17. The second-order valence-electron chi connectivity index (χ2n) is 3.56. The third-order valence-electron chi connectivity index (χ3n) is 2.43. The van der Waals surface area contributed by atoms with Crippen molar-refractivity contribution in [2.45, 2.75) is 13.0 Å². The monoisotopic (exact) mass is 274 g/mol. The minimum absolute atomic E-state index is 0.0225. The van der Waals surface area contributed by atoms with E-state index in [0.29, 0.717) is 5.69 Å². The fourth-order valence-corrected chi connectivity index (χ4v) is 1.90. The van der Waals surface area contributed by atoms with Crippen molar-refractivity contribution in [3.05, 3.63) is 16.4 Å². The quantitative estimate of drug-likeness (QED) is 0.761. The second-order valence-corrected chi connectivity index (χ2v) is 4.30. The highest BCUT2D eigenvalue weighted by atomic mass is 35.5. The number of amides is 2. The number of piperazine rings is 1. The molecule has 0 saturated carbocycles. The SMILES string of the molecule is CC1C(=O)NC(=O)CN1c1cc(Cl)nnc1Cl. The molecule has 0 aliphatic carbocycles. The lowest BCUT2D eigenvalue weighted by molar-refractivity contribution is -0.132. The first-order valence-electron chi connectivity index (χ1n) is 4.78.